The monoisotopic (exact) mass is 266 g/mol. The van der Waals surface area contributed by atoms with E-state index in [0.717, 1.165) is 19.3 Å². The number of carbonyl (C=O) groups excluding carboxylic acids is 1. The zero-order chi connectivity index (χ0) is 14.2. The second-order valence-corrected chi connectivity index (χ2v) is 5.37. The predicted octanol–water partition coefficient (Wildman–Crippen LogP) is 4.52. The molecule has 0 saturated carbocycles. The van der Waals surface area contributed by atoms with Crippen molar-refractivity contribution in [2.75, 3.05) is 0 Å². The highest BCUT2D eigenvalue weighted by Gasteiger charge is 2.03. The van der Waals surface area contributed by atoms with Crippen LogP contribution in [0.5, 0.6) is 0 Å². The molecule has 2 aromatic carbocycles. The smallest absolute Gasteiger partial charge is 0.133 e. The van der Waals surface area contributed by atoms with E-state index in [-0.39, 0.29) is 0 Å². The van der Waals surface area contributed by atoms with Gasteiger partial charge < -0.3 is 0 Å². The van der Waals surface area contributed by atoms with Crippen molar-refractivity contribution in [2.45, 2.75) is 39.0 Å². The molecule has 0 unspecified atom stereocenters. The first-order valence-corrected chi connectivity index (χ1v) is 7.35. The lowest BCUT2D eigenvalue weighted by Crippen LogP contribution is -2.01. The van der Waals surface area contributed by atoms with E-state index in [4.69, 9.17) is 0 Å². The number of ketones is 1. The van der Waals surface area contributed by atoms with Crippen molar-refractivity contribution < 1.29 is 4.79 Å². The Bertz CT molecular complexity index is 543. The molecule has 0 aliphatic heterocycles. The van der Waals surface area contributed by atoms with Crippen molar-refractivity contribution in [3.63, 3.8) is 0 Å². The molecule has 20 heavy (non-hydrogen) atoms. The molecule has 0 saturated heterocycles. The number of carbonyl (C=O) groups is 1. The minimum Gasteiger partial charge on any atom is -0.300 e. The lowest BCUT2D eigenvalue weighted by Gasteiger charge is -2.03. The largest absolute Gasteiger partial charge is 0.300 e. The summed E-state index contributed by atoms with van der Waals surface area (Å²) < 4.78 is 0. The van der Waals surface area contributed by atoms with E-state index in [9.17, 15) is 4.79 Å². The van der Waals surface area contributed by atoms with Crippen LogP contribution >= 0.6 is 0 Å². The van der Waals surface area contributed by atoms with Crippen LogP contribution in [0.1, 0.15) is 36.0 Å². The maximum absolute atomic E-state index is 11.9. The van der Waals surface area contributed by atoms with Crippen LogP contribution in [0, 0.1) is 6.92 Å². The van der Waals surface area contributed by atoms with Crippen LogP contribution in [-0.2, 0) is 17.6 Å². The summed E-state index contributed by atoms with van der Waals surface area (Å²) in [7, 11) is 0. The first-order valence-electron chi connectivity index (χ1n) is 7.35. The molecule has 0 heterocycles. The molecule has 1 heteroatoms. The Morgan fingerprint density at radius 2 is 1.60 bits per heavy atom. The van der Waals surface area contributed by atoms with E-state index in [0.29, 0.717) is 18.6 Å². The summed E-state index contributed by atoms with van der Waals surface area (Å²) in [6, 6.07) is 18.8. The minimum absolute atomic E-state index is 0.377. The van der Waals surface area contributed by atoms with Crippen LogP contribution in [0.25, 0.3) is 0 Å². The molecule has 0 atom stereocenters. The average molecular weight is 266 g/mol. The van der Waals surface area contributed by atoms with Gasteiger partial charge in [-0.2, -0.15) is 0 Å². The standard InChI is InChI=1S/C19H22O/c1-16-7-5-11-18(15-16)13-14-19(20)12-6-10-17-8-3-2-4-9-17/h2-5,7-9,11,15H,6,10,12-14H2,1H3. The highest BCUT2D eigenvalue weighted by Crippen LogP contribution is 2.10. The van der Waals surface area contributed by atoms with E-state index < -0.39 is 0 Å². The normalized spacial score (nSPS) is 10.4. The van der Waals surface area contributed by atoms with Gasteiger partial charge in [0.1, 0.15) is 5.78 Å². The molecule has 1 nitrogen and oxygen atoms in total. The Balaban J connectivity index is 1.68. The molecular formula is C19H22O. The molecular weight excluding hydrogens is 244 g/mol. The molecule has 0 fully saturated rings. The number of hydrogen-bond acceptors (Lipinski definition) is 1. The van der Waals surface area contributed by atoms with Crippen molar-refractivity contribution >= 4 is 5.78 Å². The average Bonchev–Trinajstić information content (AvgIpc) is 2.46. The SMILES string of the molecule is Cc1cccc(CCC(=O)CCCc2ccccc2)c1. The zero-order valence-electron chi connectivity index (χ0n) is 12.1. The molecule has 104 valence electrons. The van der Waals surface area contributed by atoms with Crippen LogP contribution < -0.4 is 0 Å². The summed E-state index contributed by atoms with van der Waals surface area (Å²) in [6.07, 6.45) is 4.18. The van der Waals surface area contributed by atoms with Crippen molar-refractivity contribution in [3.8, 4) is 0 Å². The lowest BCUT2D eigenvalue weighted by molar-refractivity contribution is -0.119. The van der Waals surface area contributed by atoms with E-state index in [1.54, 1.807) is 0 Å². The van der Waals surface area contributed by atoms with Gasteiger partial charge in [-0.25, -0.2) is 0 Å². The summed E-state index contributed by atoms with van der Waals surface area (Å²) in [6.45, 7) is 2.09. The summed E-state index contributed by atoms with van der Waals surface area (Å²) in [5.74, 6) is 0.377. The quantitative estimate of drug-likeness (QED) is 0.720. The third-order valence-electron chi connectivity index (χ3n) is 3.54. The Morgan fingerprint density at radius 1 is 0.850 bits per heavy atom. The summed E-state index contributed by atoms with van der Waals surface area (Å²) in [5.41, 5.74) is 3.85. The number of rotatable bonds is 7. The van der Waals surface area contributed by atoms with Gasteiger partial charge in [-0.05, 0) is 37.3 Å². The second kappa shape index (κ2) is 7.64. The zero-order valence-corrected chi connectivity index (χ0v) is 12.1. The fraction of sp³-hybridized carbons (Fsp3) is 0.316. The fourth-order valence-electron chi connectivity index (χ4n) is 2.41. The number of hydrogen-bond donors (Lipinski definition) is 0. The van der Waals surface area contributed by atoms with Crippen LogP contribution in [0.15, 0.2) is 54.6 Å². The molecule has 0 spiro atoms. The predicted molar refractivity (Wildman–Crippen MR) is 83.9 cm³/mol. The van der Waals surface area contributed by atoms with Crippen molar-refractivity contribution in [2.24, 2.45) is 0 Å². The van der Waals surface area contributed by atoms with Crippen LogP contribution in [-0.4, -0.2) is 5.78 Å². The second-order valence-electron chi connectivity index (χ2n) is 5.37. The van der Waals surface area contributed by atoms with E-state index >= 15 is 0 Å². The van der Waals surface area contributed by atoms with Crippen molar-refractivity contribution in [1.82, 2.24) is 0 Å². The maximum Gasteiger partial charge on any atom is 0.133 e. The van der Waals surface area contributed by atoms with E-state index in [1.807, 2.05) is 6.07 Å². The fourth-order valence-corrected chi connectivity index (χ4v) is 2.41. The van der Waals surface area contributed by atoms with Crippen molar-refractivity contribution in [1.29, 1.82) is 0 Å². The van der Waals surface area contributed by atoms with Crippen LogP contribution in [0.4, 0.5) is 0 Å². The molecule has 0 N–H and O–H groups in total. The molecule has 0 aliphatic carbocycles. The van der Waals surface area contributed by atoms with Gasteiger partial charge in [0.25, 0.3) is 0 Å². The summed E-state index contributed by atoms with van der Waals surface area (Å²) in [4.78, 5) is 11.9. The molecule has 2 aromatic rings. The van der Waals surface area contributed by atoms with Gasteiger partial charge >= 0.3 is 0 Å². The van der Waals surface area contributed by atoms with Gasteiger partial charge in [-0.1, -0.05) is 60.2 Å². The van der Waals surface area contributed by atoms with E-state index in [1.165, 1.54) is 16.7 Å². The third-order valence-corrected chi connectivity index (χ3v) is 3.54. The highest BCUT2D eigenvalue weighted by atomic mass is 16.1. The first kappa shape index (κ1) is 14.5. The molecule has 0 aromatic heterocycles. The molecule has 0 bridgehead atoms. The summed E-state index contributed by atoms with van der Waals surface area (Å²) >= 11 is 0. The topological polar surface area (TPSA) is 17.1 Å². The third kappa shape index (κ3) is 5.00. The van der Waals surface area contributed by atoms with Gasteiger partial charge in [-0.3, -0.25) is 4.79 Å². The molecule has 0 radical (unpaired) electrons. The Labute approximate surface area is 121 Å². The Kier molecular flexibility index (Phi) is 5.55. The van der Waals surface area contributed by atoms with Gasteiger partial charge in [0.15, 0.2) is 0 Å². The van der Waals surface area contributed by atoms with Gasteiger partial charge in [-0.15, -0.1) is 0 Å². The lowest BCUT2D eigenvalue weighted by atomic mass is 10.0. The number of aryl methyl sites for hydroxylation is 3. The molecule has 0 amide bonds. The van der Waals surface area contributed by atoms with Crippen LogP contribution in [0.2, 0.25) is 0 Å². The molecule has 2 rings (SSSR count). The Hall–Kier alpha value is -1.89. The van der Waals surface area contributed by atoms with Crippen molar-refractivity contribution in [3.05, 3.63) is 71.3 Å². The van der Waals surface area contributed by atoms with Crippen LogP contribution in [0.3, 0.4) is 0 Å². The summed E-state index contributed by atoms with van der Waals surface area (Å²) in [5, 5.41) is 0. The molecule has 0 aliphatic rings. The highest BCUT2D eigenvalue weighted by molar-refractivity contribution is 5.78. The minimum atomic E-state index is 0.377. The number of Topliss-reactive ketones (excluding diaryl/α,β-unsaturated/α-hetero) is 1. The van der Waals surface area contributed by atoms with E-state index in [2.05, 4.69) is 55.5 Å². The maximum atomic E-state index is 11.9. The van der Waals surface area contributed by atoms with Gasteiger partial charge in [0, 0.05) is 12.8 Å². The van der Waals surface area contributed by atoms with Gasteiger partial charge in [0.2, 0.25) is 0 Å². The first-order chi connectivity index (χ1) is 9.74. The van der Waals surface area contributed by atoms with Gasteiger partial charge in [0.05, 0.1) is 0 Å². The Morgan fingerprint density at radius 3 is 2.35 bits per heavy atom. The number of benzene rings is 2.